The molecule has 164 valence electrons. The fourth-order valence-corrected chi connectivity index (χ4v) is 6.41. The van der Waals surface area contributed by atoms with Crippen molar-refractivity contribution in [1.29, 1.82) is 0 Å². The van der Waals surface area contributed by atoms with Crippen molar-refractivity contribution in [3.05, 3.63) is 70.3 Å². The summed E-state index contributed by atoms with van der Waals surface area (Å²) in [5, 5.41) is 9.20. The number of amides is 1. The molecule has 2 aromatic rings. The van der Waals surface area contributed by atoms with Gasteiger partial charge in [0.1, 0.15) is 0 Å². The van der Waals surface area contributed by atoms with Gasteiger partial charge in [0.05, 0.1) is 11.0 Å². The minimum absolute atomic E-state index is 0.0720. The van der Waals surface area contributed by atoms with E-state index in [4.69, 9.17) is 5.73 Å². The highest BCUT2D eigenvalue weighted by Crippen LogP contribution is 2.58. The van der Waals surface area contributed by atoms with Crippen molar-refractivity contribution in [2.45, 2.75) is 70.6 Å². The number of primary amides is 1. The second-order valence-electron chi connectivity index (χ2n) is 10.1. The molecule has 1 saturated carbocycles. The van der Waals surface area contributed by atoms with Gasteiger partial charge in [0.15, 0.2) is 0 Å². The lowest BCUT2D eigenvalue weighted by atomic mass is 9.48. The quantitative estimate of drug-likeness (QED) is 0.697. The number of nitrogens with two attached hydrogens (primary N) is 1. The monoisotopic (exact) mass is 419 g/mol. The second-order valence-corrected chi connectivity index (χ2v) is 10.1. The van der Waals surface area contributed by atoms with Gasteiger partial charge in [-0.1, -0.05) is 57.5 Å². The summed E-state index contributed by atoms with van der Waals surface area (Å²) in [6, 6.07) is 13.8. The molecule has 0 aromatic heterocycles. The van der Waals surface area contributed by atoms with Crippen LogP contribution in [0.1, 0.15) is 85.0 Å². The summed E-state index contributed by atoms with van der Waals surface area (Å²) in [6.45, 7) is 6.78. The van der Waals surface area contributed by atoms with Gasteiger partial charge in [-0.05, 0) is 83.7 Å². The highest BCUT2D eigenvalue weighted by molar-refractivity contribution is 5.87. The van der Waals surface area contributed by atoms with E-state index in [2.05, 4.69) is 39.0 Å². The number of hydrogen-bond acceptors (Lipinski definition) is 2. The third kappa shape index (κ3) is 3.56. The van der Waals surface area contributed by atoms with Crippen LogP contribution in [-0.2, 0) is 23.1 Å². The Kier molecular flexibility index (Phi) is 5.45. The third-order valence-electron chi connectivity index (χ3n) is 8.08. The molecule has 2 aromatic carbocycles. The number of carbonyl (C=O) groups is 2. The van der Waals surface area contributed by atoms with E-state index in [1.54, 1.807) is 12.1 Å². The van der Waals surface area contributed by atoms with Crippen LogP contribution in [0, 0.1) is 11.3 Å². The maximum Gasteiger partial charge on any atom is 0.335 e. The second kappa shape index (κ2) is 7.81. The highest BCUT2D eigenvalue weighted by atomic mass is 16.4. The molecule has 4 rings (SSSR count). The van der Waals surface area contributed by atoms with E-state index >= 15 is 0 Å². The van der Waals surface area contributed by atoms with Crippen LogP contribution in [-0.4, -0.2) is 17.0 Å². The SMILES string of the molecule is CC(C)c1ccc2c(c1)CC[C@H]1[C@](Cc3ccc(C(=O)O)cc3)(C(N)=O)CCC[C@]21C. The molecule has 0 saturated heterocycles. The van der Waals surface area contributed by atoms with Gasteiger partial charge in [-0.15, -0.1) is 0 Å². The average molecular weight is 420 g/mol. The Labute approximate surface area is 184 Å². The molecular weight excluding hydrogens is 386 g/mol. The van der Waals surface area contributed by atoms with Crippen LogP contribution < -0.4 is 5.73 Å². The van der Waals surface area contributed by atoms with Gasteiger partial charge >= 0.3 is 5.97 Å². The van der Waals surface area contributed by atoms with E-state index < -0.39 is 11.4 Å². The van der Waals surface area contributed by atoms with Gasteiger partial charge in [0, 0.05) is 0 Å². The minimum atomic E-state index is -0.939. The van der Waals surface area contributed by atoms with Crippen molar-refractivity contribution >= 4 is 11.9 Å². The Morgan fingerprint density at radius 1 is 1.13 bits per heavy atom. The number of carbonyl (C=O) groups excluding carboxylic acids is 1. The van der Waals surface area contributed by atoms with Crippen LogP contribution in [0.5, 0.6) is 0 Å². The van der Waals surface area contributed by atoms with E-state index in [9.17, 15) is 14.7 Å². The van der Waals surface area contributed by atoms with Crippen molar-refractivity contribution in [3.63, 3.8) is 0 Å². The minimum Gasteiger partial charge on any atom is -0.478 e. The predicted molar refractivity (Wildman–Crippen MR) is 122 cm³/mol. The fraction of sp³-hybridized carbons (Fsp3) is 0.481. The first-order chi connectivity index (χ1) is 14.7. The molecule has 0 radical (unpaired) electrons. The molecule has 4 nitrogen and oxygen atoms in total. The summed E-state index contributed by atoms with van der Waals surface area (Å²) in [5.74, 6) is -0.470. The van der Waals surface area contributed by atoms with Gasteiger partial charge in [-0.3, -0.25) is 4.79 Å². The molecule has 31 heavy (non-hydrogen) atoms. The zero-order valence-corrected chi connectivity index (χ0v) is 18.8. The number of benzene rings is 2. The molecule has 4 heteroatoms. The molecule has 0 unspecified atom stereocenters. The van der Waals surface area contributed by atoms with Gasteiger partial charge in [0.2, 0.25) is 5.91 Å². The summed E-state index contributed by atoms with van der Waals surface area (Å²) < 4.78 is 0. The van der Waals surface area contributed by atoms with Gasteiger partial charge in [-0.25, -0.2) is 4.79 Å². The van der Waals surface area contributed by atoms with E-state index in [1.807, 2.05) is 12.1 Å². The fourth-order valence-electron chi connectivity index (χ4n) is 6.41. The molecule has 2 aliphatic carbocycles. The zero-order valence-electron chi connectivity index (χ0n) is 18.8. The molecule has 1 fully saturated rings. The molecule has 0 spiro atoms. The molecule has 3 N–H and O–H groups in total. The molecule has 0 aliphatic heterocycles. The van der Waals surface area contributed by atoms with E-state index in [0.717, 1.165) is 37.7 Å². The number of aromatic carboxylic acids is 1. The van der Waals surface area contributed by atoms with Crippen LogP contribution >= 0.6 is 0 Å². The summed E-state index contributed by atoms with van der Waals surface area (Å²) in [6.07, 6.45) is 5.34. The zero-order chi connectivity index (χ0) is 22.4. The number of carboxylic acids is 1. The number of rotatable bonds is 5. The number of aryl methyl sites for hydroxylation is 1. The van der Waals surface area contributed by atoms with Crippen LogP contribution in [0.2, 0.25) is 0 Å². The summed E-state index contributed by atoms with van der Waals surface area (Å²) in [4.78, 5) is 24.2. The number of carboxylic acid groups (broad SMARTS) is 1. The lowest BCUT2D eigenvalue weighted by Crippen LogP contribution is -2.56. The molecule has 1 amide bonds. The van der Waals surface area contributed by atoms with E-state index in [-0.39, 0.29) is 22.8 Å². The normalized spacial score (nSPS) is 27.4. The Balaban J connectivity index is 1.73. The molecule has 2 aliphatic rings. The van der Waals surface area contributed by atoms with Crippen LogP contribution in [0.3, 0.4) is 0 Å². The smallest absolute Gasteiger partial charge is 0.335 e. The van der Waals surface area contributed by atoms with Crippen LogP contribution in [0.4, 0.5) is 0 Å². The first kappa shape index (κ1) is 21.6. The first-order valence-corrected chi connectivity index (χ1v) is 11.4. The lowest BCUT2D eigenvalue weighted by molar-refractivity contribution is -0.137. The first-order valence-electron chi connectivity index (χ1n) is 11.4. The van der Waals surface area contributed by atoms with Crippen LogP contribution in [0.15, 0.2) is 42.5 Å². The molecule has 3 atom stereocenters. The molecule has 0 bridgehead atoms. The number of hydrogen-bond donors (Lipinski definition) is 2. The van der Waals surface area contributed by atoms with Crippen molar-refractivity contribution < 1.29 is 14.7 Å². The Morgan fingerprint density at radius 2 is 1.84 bits per heavy atom. The summed E-state index contributed by atoms with van der Waals surface area (Å²) in [7, 11) is 0. The van der Waals surface area contributed by atoms with Gasteiger partial charge < -0.3 is 10.8 Å². The highest BCUT2D eigenvalue weighted by Gasteiger charge is 2.56. The maximum absolute atomic E-state index is 13.0. The van der Waals surface area contributed by atoms with Crippen molar-refractivity contribution in [2.75, 3.05) is 0 Å². The maximum atomic E-state index is 13.0. The lowest BCUT2D eigenvalue weighted by Gasteiger charge is -2.55. The van der Waals surface area contributed by atoms with E-state index in [0.29, 0.717) is 12.3 Å². The van der Waals surface area contributed by atoms with Crippen molar-refractivity contribution in [2.24, 2.45) is 17.1 Å². The van der Waals surface area contributed by atoms with Crippen LogP contribution in [0.25, 0.3) is 0 Å². The van der Waals surface area contributed by atoms with Crippen molar-refractivity contribution in [1.82, 2.24) is 0 Å². The van der Waals surface area contributed by atoms with E-state index in [1.165, 1.54) is 16.7 Å². The Bertz CT molecular complexity index is 1010. The largest absolute Gasteiger partial charge is 0.478 e. The Hall–Kier alpha value is -2.62. The van der Waals surface area contributed by atoms with Gasteiger partial charge in [-0.2, -0.15) is 0 Å². The number of fused-ring (bicyclic) bond motifs is 3. The predicted octanol–water partition coefficient (Wildman–Crippen LogP) is 5.23. The topological polar surface area (TPSA) is 80.4 Å². The standard InChI is InChI=1S/C27H33NO3/c1-17(2)20-9-11-22-21(15-20)10-12-23-26(22,3)13-4-14-27(23,25(28)31)16-18-5-7-19(8-6-18)24(29)30/h5-9,11,15,17,23H,4,10,12-14,16H2,1-3H3,(H2,28,31)(H,29,30)/t23-,26-,27+/m1/s1. The third-order valence-corrected chi connectivity index (χ3v) is 8.08. The molecule has 0 heterocycles. The summed E-state index contributed by atoms with van der Waals surface area (Å²) in [5.41, 5.74) is 10.9. The average Bonchev–Trinajstić information content (AvgIpc) is 2.73. The Morgan fingerprint density at radius 3 is 2.45 bits per heavy atom. The van der Waals surface area contributed by atoms with Crippen molar-refractivity contribution in [3.8, 4) is 0 Å². The molecular formula is C27H33NO3. The van der Waals surface area contributed by atoms with Gasteiger partial charge in [0.25, 0.3) is 0 Å². The summed E-state index contributed by atoms with van der Waals surface area (Å²) >= 11 is 0.